The molecule has 8 nitrogen and oxygen atoms in total. The number of ether oxygens (including phenoxy) is 1. The topological polar surface area (TPSA) is 105 Å². The second kappa shape index (κ2) is 10.2. The van der Waals surface area contributed by atoms with E-state index in [0.29, 0.717) is 24.7 Å². The zero-order valence-electron chi connectivity index (χ0n) is 17.5. The molecule has 1 aliphatic rings. The van der Waals surface area contributed by atoms with Crippen molar-refractivity contribution in [2.24, 2.45) is 0 Å². The molecule has 1 fully saturated rings. The molecule has 0 radical (unpaired) electrons. The number of benzene rings is 2. The van der Waals surface area contributed by atoms with Crippen molar-refractivity contribution in [3.8, 4) is 0 Å². The zero-order valence-corrected chi connectivity index (χ0v) is 17.5. The summed E-state index contributed by atoms with van der Waals surface area (Å²) in [6.45, 7) is 1.27. The van der Waals surface area contributed by atoms with Crippen LogP contribution in [0, 0.1) is 17.5 Å². The second-order valence-corrected chi connectivity index (χ2v) is 7.23. The minimum Gasteiger partial charge on any atom is -0.449 e. The van der Waals surface area contributed by atoms with Crippen LogP contribution in [0.5, 0.6) is 0 Å². The highest BCUT2D eigenvalue weighted by Crippen LogP contribution is 2.22. The van der Waals surface area contributed by atoms with Crippen LogP contribution in [0.4, 0.5) is 24.5 Å². The lowest BCUT2D eigenvalue weighted by atomic mass is 10.2. The van der Waals surface area contributed by atoms with Gasteiger partial charge in [-0.25, -0.2) is 18.0 Å². The Labute approximate surface area is 186 Å². The third-order valence-electron chi connectivity index (χ3n) is 4.87. The number of nitrogens with zero attached hydrogens (tertiary/aromatic N) is 1. The van der Waals surface area contributed by atoms with Crippen LogP contribution in [-0.4, -0.2) is 42.9 Å². The van der Waals surface area contributed by atoms with E-state index in [1.54, 1.807) is 17.0 Å². The van der Waals surface area contributed by atoms with Gasteiger partial charge in [0.15, 0.2) is 23.6 Å². The van der Waals surface area contributed by atoms with Crippen molar-refractivity contribution < 1.29 is 37.1 Å². The molecule has 0 aliphatic carbocycles. The largest absolute Gasteiger partial charge is 0.449 e. The Hall–Kier alpha value is -3.89. The maximum absolute atomic E-state index is 13.6. The van der Waals surface area contributed by atoms with Gasteiger partial charge in [-0.3, -0.25) is 14.4 Å². The molecular formula is C22H20F3N3O5. The summed E-state index contributed by atoms with van der Waals surface area (Å²) in [6.07, 6.45) is -0.0159. The summed E-state index contributed by atoms with van der Waals surface area (Å²) >= 11 is 0. The fraction of sp³-hybridized carbons (Fsp3) is 0.273. The predicted molar refractivity (Wildman–Crippen MR) is 111 cm³/mol. The number of nitrogens with one attached hydrogen (secondary N) is 2. The number of hydrogen-bond acceptors (Lipinski definition) is 5. The fourth-order valence-electron chi connectivity index (χ4n) is 3.11. The highest BCUT2D eigenvalue weighted by Gasteiger charge is 2.23. The first kappa shape index (κ1) is 23.8. The number of esters is 1. The molecule has 1 atom stereocenters. The zero-order chi connectivity index (χ0) is 24.1. The van der Waals surface area contributed by atoms with Gasteiger partial charge in [0.2, 0.25) is 11.8 Å². The highest BCUT2D eigenvalue weighted by atomic mass is 19.2. The van der Waals surface area contributed by atoms with E-state index in [0.717, 1.165) is 12.5 Å². The van der Waals surface area contributed by atoms with Gasteiger partial charge in [0.25, 0.3) is 5.91 Å². The van der Waals surface area contributed by atoms with Crippen molar-refractivity contribution in [3.05, 3.63) is 59.4 Å². The summed E-state index contributed by atoms with van der Waals surface area (Å²) < 4.78 is 44.8. The number of halogens is 3. The monoisotopic (exact) mass is 463 g/mol. The van der Waals surface area contributed by atoms with E-state index in [-0.39, 0.29) is 11.5 Å². The van der Waals surface area contributed by atoms with Crippen molar-refractivity contribution in [3.63, 3.8) is 0 Å². The van der Waals surface area contributed by atoms with Crippen LogP contribution in [0.15, 0.2) is 36.4 Å². The summed E-state index contributed by atoms with van der Waals surface area (Å²) in [5.74, 6) is -7.21. The minimum absolute atomic E-state index is 0.00644. The third kappa shape index (κ3) is 5.68. The lowest BCUT2D eigenvalue weighted by Crippen LogP contribution is -2.40. The van der Waals surface area contributed by atoms with E-state index in [9.17, 15) is 32.3 Å². The second-order valence-electron chi connectivity index (χ2n) is 7.23. The number of rotatable bonds is 7. The van der Waals surface area contributed by atoms with E-state index >= 15 is 0 Å². The molecule has 0 aromatic heterocycles. The minimum atomic E-state index is -1.74. The van der Waals surface area contributed by atoms with Crippen molar-refractivity contribution in [2.75, 3.05) is 23.3 Å². The van der Waals surface area contributed by atoms with Gasteiger partial charge in [0.1, 0.15) is 0 Å². The first-order chi connectivity index (χ1) is 15.7. The normalized spacial score (nSPS) is 14.1. The molecule has 0 saturated carbocycles. The van der Waals surface area contributed by atoms with E-state index in [1.807, 2.05) is 5.32 Å². The van der Waals surface area contributed by atoms with Crippen molar-refractivity contribution in [1.82, 2.24) is 5.32 Å². The van der Waals surface area contributed by atoms with Crippen molar-refractivity contribution >= 4 is 35.1 Å². The molecular weight excluding hydrogens is 443 g/mol. The van der Waals surface area contributed by atoms with E-state index in [1.165, 1.54) is 19.1 Å². The summed E-state index contributed by atoms with van der Waals surface area (Å²) in [4.78, 5) is 49.6. The quantitative estimate of drug-likeness (QED) is 0.485. The molecule has 3 amide bonds. The van der Waals surface area contributed by atoms with Crippen LogP contribution in [0.2, 0.25) is 0 Å². The average molecular weight is 463 g/mol. The summed E-state index contributed by atoms with van der Waals surface area (Å²) in [7, 11) is 0. The summed E-state index contributed by atoms with van der Waals surface area (Å²) in [5, 5.41) is 4.19. The van der Waals surface area contributed by atoms with Gasteiger partial charge in [-0.15, -0.1) is 0 Å². The molecule has 0 unspecified atom stereocenters. The van der Waals surface area contributed by atoms with Crippen LogP contribution in [0.25, 0.3) is 0 Å². The molecule has 2 aromatic rings. The van der Waals surface area contributed by atoms with Crippen molar-refractivity contribution in [1.29, 1.82) is 0 Å². The lowest BCUT2D eigenvalue weighted by Gasteiger charge is -2.16. The molecule has 33 heavy (non-hydrogen) atoms. The van der Waals surface area contributed by atoms with Crippen molar-refractivity contribution in [2.45, 2.75) is 25.9 Å². The van der Waals surface area contributed by atoms with E-state index in [2.05, 4.69) is 5.32 Å². The van der Waals surface area contributed by atoms with Gasteiger partial charge < -0.3 is 20.3 Å². The van der Waals surface area contributed by atoms with Crippen LogP contribution >= 0.6 is 0 Å². The molecule has 11 heteroatoms. The third-order valence-corrected chi connectivity index (χ3v) is 4.87. The lowest BCUT2D eigenvalue weighted by molar-refractivity contribution is -0.130. The first-order valence-electron chi connectivity index (χ1n) is 10.00. The van der Waals surface area contributed by atoms with Gasteiger partial charge >= 0.3 is 5.97 Å². The van der Waals surface area contributed by atoms with Gasteiger partial charge in [-0.05, 0) is 49.7 Å². The SMILES string of the molecule is C[C@@H](OC(=O)c1ccc(N2CCCC2=O)cc1)C(=O)NCC(=O)Nc1ccc(F)c(F)c1F. The number of carbonyl (C=O) groups excluding carboxylic acids is 4. The smallest absolute Gasteiger partial charge is 0.338 e. The van der Waals surface area contributed by atoms with Gasteiger partial charge in [-0.2, -0.15) is 0 Å². The Balaban J connectivity index is 1.49. The standard InChI is InChI=1S/C22H20F3N3O5/c1-12(21(31)26-11-17(29)27-16-9-8-15(23)19(24)20(16)25)33-22(32)13-4-6-14(7-5-13)28-10-2-3-18(28)30/h4-9,12H,2-3,10-11H2,1H3,(H,26,31)(H,27,29)/t12-/m1/s1. The van der Waals surface area contributed by atoms with Gasteiger partial charge in [-0.1, -0.05) is 0 Å². The Morgan fingerprint density at radius 3 is 2.39 bits per heavy atom. The molecule has 2 aromatic carbocycles. The fourth-order valence-corrected chi connectivity index (χ4v) is 3.11. The molecule has 1 heterocycles. The Kier molecular flexibility index (Phi) is 7.31. The number of anilines is 2. The highest BCUT2D eigenvalue weighted by molar-refractivity contribution is 5.97. The van der Waals surface area contributed by atoms with Crippen LogP contribution in [0.1, 0.15) is 30.1 Å². The average Bonchev–Trinajstić information content (AvgIpc) is 3.23. The number of carbonyl (C=O) groups is 4. The molecule has 2 N–H and O–H groups in total. The van der Waals surface area contributed by atoms with Crippen LogP contribution in [0.3, 0.4) is 0 Å². The maximum atomic E-state index is 13.6. The number of hydrogen-bond donors (Lipinski definition) is 2. The molecule has 0 spiro atoms. The molecule has 0 bridgehead atoms. The van der Waals surface area contributed by atoms with Crippen LogP contribution in [-0.2, 0) is 19.1 Å². The van der Waals surface area contributed by atoms with Gasteiger partial charge in [0.05, 0.1) is 17.8 Å². The maximum Gasteiger partial charge on any atom is 0.338 e. The van der Waals surface area contributed by atoms with Crippen LogP contribution < -0.4 is 15.5 Å². The molecule has 1 aliphatic heterocycles. The molecule has 3 rings (SSSR count). The molecule has 174 valence electrons. The van der Waals surface area contributed by atoms with Gasteiger partial charge in [0, 0.05) is 18.7 Å². The summed E-state index contributed by atoms with van der Waals surface area (Å²) in [5.41, 5.74) is 0.228. The molecule has 1 saturated heterocycles. The van der Waals surface area contributed by atoms with E-state index in [4.69, 9.17) is 4.74 Å². The summed E-state index contributed by atoms with van der Waals surface area (Å²) in [6, 6.07) is 7.63. The number of amides is 3. The Morgan fingerprint density at radius 2 is 1.76 bits per heavy atom. The predicted octanol–water partition coefficient (Wildman–Crippen LogP) is 2.53. The first-order valence-corrected chi connectivity index (χ1v) is 10.00. The Morgan fingerprint density at radius 1 is 1.06 bits per heavy atom. The van der Waals surface area contributed by atoms with E-state index < -0.39 is 53.6 Å². The Bertz CT molecular complexity index is 1090.